The Balaban J connectivity index is 0.00000196. The lowest BCUT2D eigenvalue weighted by Gasteiger charge is -2.33. The van der Waals surface area contributed by atoms with Crippen LogP contribution in [0.5, 0.6) is 0 Å². The second-order valence-electron chi connectivity index (χ2n) is 3.70. The molecule has 0 bridgehead atoms. The summed E-state index contributed by atoms with van der Waals surface area (Å²) in [5.41, 5.74) is 0. The topological polar surface area (TPSA) is 52.7 Å². The molecule has 0 aromatic heterocycles. The highest BCUT2D eigenvalue weighted by Crippen LogP contribution is 2.01. The normalized spacial score (nSPS) is 20.5. The zero-order valence-electron chi connectivity index (χ0n) is 9.32. The Morgan fingerprint density at radius 2 is 2.00 bits per heavy atom. The maximum atomic E-state index is 11.6. The number of piperazine rings is 1. The first-order chi connectivity index (χ1) is 6.52. The monoisotopic (exact) mass is 235 g/mol. The zero-order chi connectivity index (χ0) is 10.7. The van der Waals surface area contributed by atoms with Gasteiger partial charge in [-0.2, -0.15) is 0 Å². The van der Waals surface area contributed by atoms with Crippen LogP contribution in [0.15, 0.2) is 0 Å². The molecule has 0 spiro atoms. The van der Waals surface area contributed by atoms with Crippen LogP contribution in [-0.4, -0.2) is 61.4 Å². The smallest absolute Gasteiger partial charge is 0.241 e. The summed E-state index contributed by atoms with van der Waals surface area (Å²) in [5, 5.41) is 3.10. The van der Waals surface area contributed by atoms with E-state index >= 15 is 0 Å². The molecular weight excluding hydrogens is 218 g/mol. The summed E-state index contributed by atoms with van der Waals surface area (Å²) in [4.78, 5) is 25.9. The van der Waals surface area contributed by atoms with E-state index in [1.54, 1.807) is 23.9 Å². The average molecular weight is 236 g/mol. The van der Waals surface area contributed by atoms with Gasteiger partial charge < -0.3 is 15.1 Å². The second-order valence-corrected chi connectivity index (χ2v) is 3.70. The Morgan fingerprint density at radius 1 is 1.40 bits per heavy atom. The predicted molar refractivity (Wildman–Crippen MR) is 60.0 cm³/mol. The fourth-order valence-electron chi connectivity index (χ4n) is 1.51. The Bertz CT molecular complexity index is 246. The van der Waals surface area contributed by atoms with Crippen molar-refractivity contribution < 1.29 is 9.59 Å². The summed E-state index contributed by atoms with van der Waals surface area (Å²) in [6, 6.07) is -0.248. The minimum atomic E-state index is -0.248. The van der Waals surface area contributed by atoms with Gasteiger partial charge in [0, 0.05) is 40.7 Å². The van der Waals surface area contributed by atoms with Crippen LogP contribution < -0.4 is 5.32 Å². The first-order valence-electron chi connectivity index (χ1n) is 4.72. The first kappa shape index (κ1) is 14.2. The van der Waals surface area contributed by atoms with Crippen LogP contribution in [0.2, 0.25) is 0 Å². The third-order valence-corrected chi connectivity index (χ3v) is 2.36. The van der Waals surface area contributed by atoms with Crippen LogP contribution in [0.3, 0.4) is 0 Å². The molecule has 1 atom stereocenters. The Labute approximate surface area is 96.2 Å². The van der Waals surface area contributed by atoms with Gasteiger partial charge in [0.1, 0.15) is 6.04 Å². The van der Waals surface area contributed by atoms with Crippen molar-refractivity contribution in [3.8, 4) is 0 Å². The molecule has 0 aliphatic carbocycles. The molecule has 1 heterocycles. The molecule has 15 heavy (non-hydrogen) atoms. The fourth-order valence-corrected chi connectivity index (χ4v) is 1.51. The van der Waals surface area contributed by atoms with Crippen molar-refractivity contribution in [3.63, 3.8) is 0 Å². The highest BCUT2D eigenvalue weighted by molar-refractivity contribution is 5.85. The summed E-state index contributed by atoms with van der Waals surface area (Å²) < 4.78 is 0. The van der Waals surface area contributed by atoms with E-state index < -0.39 is 0 Å². The van der Waals surface area contributed by atoms with Gasteiger partial charge in [-0.25, -0.2) is 0 Å². The highest BCUT2D eigenvalue weighted by atomic mass is 35.5. The van der Waals surface area contributed by atoms with Gasteiger partial charge in [-0.05, 0) is 0 Å². The summed E-state index contributed by atoms with van der Waals surface area (Å²) in [7, 11) is 3.44. The van der Waals surface area contributed by atoms with Gasteiger partial charge in [0.2, 0.25) is 11.8 Å². The predicted octanol–water partition coefficient (Wildman–Crippen LogP) is -0.683. The molecule has 5 nitrogen and oxygen atoms in total. The van der Waals surface area contributed by atoms with E-state index in [2.05, 4.69) is 5.32 Å². The Kier molecular flexibility index (Phi) is 5.60. The van der Waals surface area contributed by atoms with Crippen LogP contribution in [0.25, 0.3) is 0 Å². The van der Waals surface area contributed by atoms with Crippen LogP contribution in [-0.2, 0) is 9.59 Å². The number of amides is 2. The van der Waals surface area contributed by atoms with Gasteiger partial charge in [-0.3, -0.25) is 9.59 Å². The maximum absolute atomic E-state index is 11.6. The standard InChI is InChI=1S/C9H17N3O2.ClH/c1-7(13)12-5-4-10-8(6-12)9(14)11(2)3;/h8,10H,4-6H2,1-3H3;1H. The van der Waals surface area contributed by atoms with E-state index in [1.807, 2.05) is 0 Å². The third-order valence-electron chi connectivity index (χ3n) is 2.36. The molecule has 1 aliphatic rings. The van der Waals surface area contributed by atoms with E-state index in [0.29, 0.717) is 19.6 Å². The van der Waals surface area contributed by atoms with Gasteiger partial charge in [-0.1, -0.05) is 0 Å². The molecule has 1 unspecified atom stereocenters. The first-order valence-corrected chi connectivity index (χ1v) is 4.72. The number of hydrogen-bond donors (Lipinski definition) is 1. The van der Waals surface area contributed by atoms with Crippen LogP contribution in [0.1, 0.15) is 6.92 Å². The van der Waals surface area contributed by atoms with E-state index in [1.165, 1.54) is 6.92 Å². The summed E-state index contributed by atoms with van der Waals surface area (Å²) in [6.45, 7) is 3.38. The number of carbonyl (C=O) groups excluding carboxylic acids is 2. The van der Waals surface area contributed by atoms with E-state index in [-0.39, 0.29) is 30.3 Å². The fraction of sp³-hybridized carbons (Fsp3) is 0.778. The summed E-state index contributed by atoms with van der Waals surface area (Å²) in [5.74, 6) is 0.0546. The molecule has 1 rings (SSSR count). The largest absolute Gasteiger partial charge is 0.347 e. The van der Waals surface area contributed by atoms with Crippen LogP contribution in [0, 0.1) is 0 Å². The zero-order valence-corrected chi connectivity index (χ0v) is 10.1. The molecule has 1 aliphatic heterocycles. The summed E-state index contributed by atoms with van der Waals surface area (Å²) in [6.07, 6.45) is 0. The minimum Gasteiger partial charge on any atom is -0.347 e. The molecule has 0 radical (unpaired) electrons. The lowest BCUT2D eigenvalue weighted by molar-refractivity contribution is -0.135. The quantitative estimate of drug-likeness (QED) is 0.655. The molecule has 0 aromatic rings. The highest BCUT2D eigenvalue weighted by Gasteiger charge is 2.27. The van der Waals surface area contributed by atoms with E-state index in [9.17, 15) is 9.59 Å². The van der Waals surface area contributed by atoms with E-state index in [4.69, 9.17) is 0 Å². The number of carbonyl (C=O) groups is 2. The van der Waals surface area contributed by atoms with Gasteiger partial charge in [0.05, 0.1) is 0 Å². The molecule has 1 saturated heterocycles. The number of halogens is 1. The molecule has 1 fully saturated rings. The lowest BCUT2D eigenvalue weighted by atomic mass is 10.2. The van der Waals surface area contributed by atoms with Crippen molar-refractivity contribution in [1.29, 1.82) is 0 Å². The molecule has 88 valence electrons. The molecular formula is C9H18ClN3O2. The maximum Gasteiger partial charge on any atom is 0.241 e. The number of nitrogens with one attached hydrogen (secondary N) is 1. The van der Waals surface area contributed by atoms with Gasteiger partial charge >= 0.3 is 0 Å². The van der Waals surface area contributed by atoms with Crippen molar-refractivity contribution in [2.75, 3.05) is 33.7 Å². The van der Waals surface area contributed by atoms with Crippen molar-refractivity contribution in [3.05, 3.63) is 0 Å². The van der Waals surface area contributed by atoms with Gasteiger partial charge in [0.15, 0.2) is 0 Å². The van der Waals surface area contributed by atoms with Gasteiger partial charge in [0.25, 0.3) is 0 Å². The van der Waals surface area contributed by atoms with Crippen molar-refractivity contribution >= 4 is 24.2 Å². The van der Waals surface area contributed by atoms with Gasteiger partial charge in [-0.15, -0.1) is 12.4 Å². The Morgan fingerprint density at radius 3 is 2.47 bits per heavy atom. The summed E-state index contributed by atoms with van der Waals surface area (Å²) >= 11 is 0. The molecule has 0 saturated carbocycles. The SMILES string of the molecule is CC(=O)N1CCNC(C(=O)N(C)C)C1.Cl. The number of nitrogens with zero attached hydrogens (tertiary/aromatic N) is 2. The van der Waals surface area contributed by atoms with Crippen LogP contribution in [0.4, 0.5) is 0 Å². The molecule has 0 aromatic carbocycles. The third kappa shape index (κ3) is 3.68. The van der Waals surface area contributed by atoms with Crippen LogP contribution >= 0.6 is 12.4 Å². The Hall–Kier alpha value is -0.810. The molecule has 6 heteroatoms. The van der Waals surface area contributed by atoms with Crippen molar-refractivity contribution in [2.45, 2.75) is 13.0 Å². The second kappa shape index (κ2) is 5.92. The number of rotatable bonds is 1. The van der Waals surface area contributed by atoms with Crippen molar-refractivity contribution in [2.24, 2.45) is 0 Å². The van der Waals surface area contributed by atoms with Crippen molar-refractivity contribution in [1.82, 2.24) is 15.1 Å². The molecule has 2 amide bonds. The lowest BCUT2D eigenvalue weighted by Crippen LogP contribution is -2.57. The number of hydrogen-bond acceptors (Lipinski definition) is 3. The number of likely N-dealkylation sites (N-methyl/N-ethyl adjacent to an activating group) is 1. The molecule has 1 N–H and O–H groups in total. The average Bonchev–Trinajstić information content (AvgIpc) is 2.16. The van der Waals surface area contributed by atoms with E-state index in [0.717, 1.165) is 0 Å². The minimum absolute atomic E-state index is 0.